The summed E-state index contributed by atoms with van der Waals surface area (Å²) < 4.78 is 21.9. The van der Waals surface area contributed by atoms with Crippen LogP contribution in [-0.4, -0.2) is 51.9 Å². The van der Waals surface area contributed by atoms with E-state index in [-0.39, 0.29) is 6.61 Å². The first-order valence-electron chi connectivity index (χ1n) is 6.45. The Kier molecular flexibility index (Phi) is 9.61. The fourth-order valence-corrected chi connectivity index (χ4v) is 2.03. The number of aliphatic hydroxyl groups excluding tert-OH is 1. The van der Waals surface area contributed by atoms with E-state index in [1.807, 2.05) is 18.2 Å². The summed E-state index contributed by atoms with van der Waals surface area (Å²) >= 11 is 3.40. The van der Waals surface area contributed by atoms with Gasteiger partial charge in [0.15, 0.2) is 0 Å². The minimum absolute atomic E-state index is 0.0526. The topological polar surface area (TPSA) is 57.2 Å². The van der Waals surface area contributed by atoms with Crippen LogP contribution in [0.2, 0.25) is 0 Å². The number of rotatable bonds is 11. The van der Waals surface area contributed by atoms with E-state index < -0.39 is 0 Å². The molecule has 0 saturated heterocycles. The lowest BCUT2D eigenvalue weighted by atomic mass is 10.2. The first-order valence-corrected chi connectivity index (χ1v) is 7.24. The van der Waals surface area contributed by atoms with Crippen LogP contribution >= 0.6 is 15.9 Å². The van der Waals surface area contributed by atoms with E-state index in [4.69, 9.17) is 18.9 Å². The zero-order valence-electron chi connectivity index (χ0n) is 11.6. The number of aliphatic hydroxyl groups is 1. The van der Waals surface area contributed by atoms with Crippen molar-refractivity contribution in [2.24, 2.45) is 0 Å². The molecule has 0 spiro atoms. The van der Waals surface area contributed by atoms with E-state index in [1.54, 1.807) is 7.11 Å². The fourth-order valence-electron chi connectivity index (χ4n) is 1.51. The summed E-state index contributed by atoms with van der Waals surface area (Å²) in [5.41, 5.74) is 0.752. The smallest absolute Gasteiger partial charge is 0.139 e. The number of benzene rings is 1. The Labute approximate surface area is 127 Å². The van der Waals surface area contributed by atoms with Gasteiger partial charge in [-0.25, -0.2) is 0 Å². The van der Waals surface area contributed by atoms with Gasteiger partial charge < -0.3 is 24.1 Å². The zero-order chi connectivity index (χ0) is 14.6. The lowest BCUT2D eigenvalue weighted by Crippen LogP contribution is -2.13. The van der Waals surface area contributed by atoms with E-state index >= 15 is 0 Å². The number of hydrogen-bond donors (Lipinski definition) is 1. The molecule has 1 N–H and O–H groups in total. The van der Waals surface area contributed by atoms with Crippen LogP contribution in [0.25, 0.3) is 0 Å². The average molecular weight is 349 g/mol. The lowest BCUT2D eigenvalue weighted by Gasteiger charge is -2.12. The van der Waals surface area contributed by atoms with Gasteiger partial charge in [0.1, 0.15) is 12.4 Å². The summed E-state index contributed by atoms with van der Waals surface area (Å²) in [4.78, 5) is 0. The summed E-state index contributed by atoms with van der Waals surface area (Å²) in [6.45, 7) is 3.08. The molecule has 1 rings (SSSR count). The number of methoxy groups -OCH3 is 1. The lowest BCUT2D eigenvalue weighted by molar-refractivity contribution is 0.0178. The molecule has 0 saturated carbocycles. The maximum atomic E-state index is 9.23. The van der Waals surface area contributed by atoms with E-state index in [1.165, 1.54) is 0 Å². The fraction of sp³-hybridized carbons (Fsp3) is 0.571. The highest BCUT2D eigenvalue weighted by Crippen LogP contribution is 2.28. The highest BCUT2D eigenvalue weighted by atomic mass is 79.9. The van der Waals surface area contributed by atoms with Gasteiger partial charge >= 0.3 is 0 Å². The molecule has 5 nitrogen and oxygen atoms in total. The van der Waals surface area contributed by atoms with Crippen LogP contribution in [0, 0.1) is 0 Å². The number of halogens is 1. The highest BCUT2D eigenvalue weighted by molar-refractivity contribution is 9.10. The second kappa shape index (κ2) is 11.0. The average Bonchev–Trinajstić information content (AvgIpc) is 2.46. The molecule has 114 valence electrons. The van der Waals surface area contributed by atoms with Gasteiger partial charge in [0.25, 0.3) is 0 Å². The normalized spacial score (nSPS) is 10.8. The molecule has 0 bridgehead atoms. The van der Waals surface area contributed by atoms with Crippen molar-refractivity contribution in [3.05, 3.63) is 28.2 Å². The van der Waals surface area contributed by atoms with Gasteiger partial charge in [0, 0.05) is 12.7 Å². The molecule has 0 aromatic heterocycles. The Bertz CT molecular complexity index is 373. The van der Waals surface area contributed by atoms with Crippen molar-refractivity contribution in [2.75, 3.05) is 46.8 Å². The van der Waals surface area contributed by atoms with Crippen LogP contribution in [0.4, 0.5) is 0 Å². The van der Waals surface area contributed by atoms with Crippen LogP contribution < -0.4 is 4.74 Å². The maximum Gasteiger partial charge on any atom is 0.139 e. The number of para-hydroxylation sites is 1. The molecule has 0 radical (unpaired) electrons. The predicted molar refractivity (Wildman–Crippen MR) is 79.1 cm³/mol. The Hall–Kier alpha value is -0.660. The van der Waals surface area contributed by atoms with Gasteiger partial charge in [-0.1, -0.05) is 12.1 Å². The van der Waals surface area contributed by atoms with Gasteiger partial charge in [-0.05, 0) is 22.0 Å². The molecule has 0 aliphatic carbocycles. The molecule has 20 heavy (non-hydrogen) atoms. The minimum atomic E-state index is -0.0526. The van der Waals surface area contributed by atoms with E-state index in [0.29, 0.717) is 45.4 Å². The maximum absolute atomic E-state index is 9.23. The van der Waals surface area contributed by atoms with Crippen molar-refractivity contribution in [1.29, 1.82) is 0 Å². The third-order valence-corrected chi connectivity index (χ3v) is 3.12. The first-order chi connectivity index (χ1) is 9.79. The molecule has 0 fully saturated rings. The molecule has 1 aromatic rings. The SMILES string of the molecule is COCCOCCOCCOc1c(Br)cccc1CO. The highest BCUT2D eigenvalue weighted by Gasteiger charge is 2.06. The minimum Gasteiger partial charge on any atom is -0.490 e. The molecule has 1 aromatic carbocycles. The monoisotopic (exact) mass is 348 g/mol. The van der Waals surface area contributed by atoms with Crippen molar-refractivity contribution in [3.63, 3.8) is 0 Å². The molecule has 0 atom stereocenters. The Balaban J connectivity index is 2.12. The quantitative estimate of drug-likeness (QED) is 0.620. The van der Waals surface area contributed by atoms with Crippen LogP contribution in [0.1, 0.15) is 5.56 Å². The largest absolute Gasteiger partial charge is 0.490 e. The molecule has 0 amide bonds. The summed E-state index contributed by atoms with van der Waals surface area (Å²) in [7, 11) is 1.64. The molecule has 6 heteroatoms. The van der Waals surface area contributed by atoms with Crippen molar-refractivity contribution < 1.29 is 24.1 Å². The van der Waals surface area contributed by atoms with Crippen LogP contribution in [-0.2, 0) is 20.8 Å². The van der Waals surface area contributed by atoms with Crippen LogP contribution in [0.5, 0.6) is 5.75 Å². The molecular weight excluding hydrogens is 328 g/mol. The summed E-state index contributed by atoms with van der Waals surface area (Å²) in [5, 5.41) is 9.23. The van der Waals surface area contributed by atoms with Gasteiger partial charge in [-0.2, -0.15) is 0 Å². The summed E-state index contributed by atoms with van der Waals surface area (Å²) in [6.07, 6.45) is 0. The third-order valence-electron chi connectivity index (χ3n) is 2.50. The second-order valence-electron chi connectivity index (χ2n) is 3.95. The van der Waals surface area contributed by atoms with Gasteiger partial charge in [0.05, 0.1) is 44.1 Å². The molecular formula is C14H21BrO5. The Morgan fingerprint density at radius 2 is 1.65 bits per heavy atom. The molecule has 0 unspecified atom stereocenters. The molecule has 0 heterocycles. The second-order valence-corrected chi connectivity index (χ2v) is 4.81. The van der Waals surface area contributed by atoms with E-state index in [2.05, 4.69) is 15.9 Å². The van der Waals surface area contributed by atoms with Gasteiger partial charge in [-0.3, -0.25) is 0 Å². The van der Waals surface area contributed by atoms with Crippen molar-refractivity contribution in [3.8, 4) is 5.75 Å². The Morgan fingerprint density at radius 3 is 2.30 bits per heavy atom. The van der Waals surface area contributed by atoms with Crippen molar-refractivity contribution >= 4 is 15.9 Å². The number of hydrogen-bond acceptors (Lipinski definition) is 5. The van der Waals surface area contributed by atoms with Gasteiger partial charge in [-0.15, -0.1) is 0 Å². The summed E-state index contributed by atoms with van der Waals surface area (Å²) in [6, 6.07) is 5.56. The van der Waals surface area contributed by atoms with Crippen LogP contribution in [0.3, 0.4) is 0 Å². The first kappa shape index (κ1) is 17.4. The van der Waals surface area contributed by atoms with Crippen molar-refractivity contribution in [2.45, 2.75) is 6.61 Å². The van der Waals surface area contributed by atoms with Crippen molar-refractivity contribution in [1.82, 2.24) is 0 Å². The van der Waals surface area contributed by atoms with E-state index in [0.717, 1.165) is 10.0 Å². The molecule has 0 aliphatic rings. The number of ether oxygens (including phenoxy) is 4. The standard InChI is InChI=1S/C14H21BrO5/c1-17-5-6-18-7-8-19-9-10-20-14-12(11-16)3-2-4-13(14)15/h2-4,16H,5-11H2,1H3. The Morgan fingerprint density at radius 1 is 1.00 bits per heavy atom. The zero-order valence-corrected chi connectivity index (χ0v) is 13.2. The predicted octanol–water partition coefficient (Wildman–Crippen LogP) is 2.00. The van der Waals surface area contributed by atoms with Gasteiger partial charge in [0.2, 0.25) is 0 Å². The molecule has 0 aliphatic heterocycles. The third kappa shape index (κ3) is 6.67. The van der Waals surface area contributed by atoms with Crippen LogP contribution in [0.15, 0.2) is 22.7 Å². The summed E-state index contributed by atoms with van der Waals surface area (Å²) in [5.74, 6) is 0.662. The van der Waals surface area contributed by atoms with E-state index in [9.17, 15) is 5.11 Å².